The molecule has 0 aromatic carbocycles. The number of hydrogen-bond donors (Lipinski definition) is 10. The molecule has 1 fully saturated rings. The number of phosphoric ester groups is 1. The highest BCUT2D eigenvalue weighted by atomic mass is 31.2. The summed E-state index contributed by atoms with van der Waals surface area (Å²) in [5.41, 5.74) is 2.91. The van der Waals surface area contributed by atoms with E-state index in [4.69, 9.17) is 24.8 Å². The number of allylic oxidation sites excluding steroid dienone is 1. The van der Waals surface area contributed by atoms with Gasteiger partial charge in [-0.05, 0) is 12.1 Å². The van der Waals surface area contributed by atoms with Gasteiger partial charge in [0.1, 0.15) is 36.3 Å². The molecule has 1 saturated heterocycles. The molecule has 1 aromatic heterocycles. The summed E-state index contributed by atoms with van der Waals surface area (Å²) in [6.07, 6.45) is -9.03. The number of anilines is 1. The second-order valence-corrected chi connectivity index (χ2v) is 11.9. The lowest BCUT2D eigenvalue weighted by Gasteiger charge is -2.35. The summed E-state index contributed by atoms with van der Waals surface area (Å²) < 4.78 is 45.7. The van der Waals surface area contributed by atoms with Crippen LogP contribution in [-0.2, 0) is 32.4 Å². The molecule has 236 valence electrons. The zero-order valence-electron chi connectivity index (χ0n) is 21.6. The highest BCUT2D eigenvalue weighted by molar-refractivity contribution is 7.57. The maximum absolute atomic E-state index is 12.7. The molecule has 9 atom stereocenters. The molecule has 3 rings (SSSR count). The molecule has 20 nitrogen and oxygen atoms in total. The van der Waals surface area contributed by atoms with E-state index >= 15 is 0 Å². The first-order chi connectivity index (χ1) is 19.4. The minimum absolute atomic E-state index is 0.134. The van der Waals surface area contributed by atoms with Crippen LogP contribution in [-0.4, -0.2) is 112 Å². The Hall–Kier alpha value is -2.71. The lowest BCUT2D eigenvalue weighted by molar-refractivity contribution is -0.123. The van der Waals surface area contributed by atoms with Crippen molar-refractivity contribution in [1.82, 2.24) is 14.9 Å². The van der Waals surface area contributed by atoms with E-state index in [9.17, 15) is 53.8 Å². The van der Waals surface area contributed by atoms with Crippen LogP contribution in [0, 0.1) is 0 Å². The van der Waals surface area contributed by atoms with Gasteiger partial charge in [-0.25, -0.2) is 9.36 Å². The molecule has 42 heavy (non-hydrogen) atoms. The number of carbonyl (C=O) groups excluding carboxylic acids is 1. The zero-order valence-corrected chi connectivity index (χ0v) is 23.3. The molecule has 1 amide bonds. The van der Waals surface area contributed by atoms with E-state index in [2.05, 4.69) is 14.8 Å². The molecular weight excluding hydrogens is 614 g/mol. The van der Waals surface area contributed by atoms with E-state index < -0.39 is 100 Å². The van der Waals surface area contributed by atoms with Crippen molar-refractivity contribution in [2.24, 2.45) is 0 Å². The number of rotatable bonds is 11. The summed E-state index contributed by atoms with van der Waals surface area (Å²) in [5.74, 6) is -1.66. The number of amides is 1. The molecule has 0 radical (unpaired) electrons. The van der Waals surface area contributed by atoms with Gasteiger partial charge in [0.05, 0.1) is 19.3 Å². The molecule has 2 aliphatic heterocycles. The Labute approximate surface area is 236 Å². The molecule has 0 saturated carbocycles. The van der Waals surface area contributed by atoms with Crippen molar-refractivity contribution in [2.75, 3.05) is 18.9 Å². The Morgan fingerprint density at radius 2 is 1.90 bits per heavy atom. The first-order valence-electron chi connectivity index (χ1n) is 11.9. The van der Waals surface area contributed by atoms with Gasteiger partial charge in [-0.3, -0.25) is 23.3 Å². The van der Waals surface area contributed by atoms with Gasteiger partial charge >= 0.3 is 21.1 Å². The van der Waals surface area contributed by atoms with Gasteiger partial charge in [-0.2, -0.15) is 4.98 Å². The molecule has 2 aliphatic rings. The Morgan fingerprint density at radius 1 is 1.24 bits per heavy atom. The number of hydrogen-bond acceptors (Lipinski definition) is 15. The monoisotopic (exact) mass is 644 g/mol. The highest BCUT2D eigenvalue weighted by Crippen LogP contribution is 2.57. The summed E-state index contributed by atoms with van der Waals surface area (Å²) >= 11 is 0. The van der Waals surface area contributed by atoms with E-state index in [1.807, 2.05) is 0 Å². The van der Waals surface area contributed by atoms with E-state index in [-0.39, 0.29) is 5.82 Å². The van der Waals surface area contributed by atoms with Crippen LogP contribution >= 0.6 is 15.4 Å². The van der Waals surface area contributed by atoms with Crippen LogP contribution < -0.4 is 16.7 Å². The lowest BCUT2D eigenvalue weighted by Crippen LogP contribution is -2.53. The van der Waals surface area contributed by atoms with Crippen LogP contribution in [0.2, 0.25) is 0 Å². The van der Waals surface area contributed by atoms with E-state index in [0.717, 1.165) is 29.8 Å². The fraction of sp³-hybridized carbons (Fsp3) is 0.550. The number of aliphatic hydroxyl groups is 5. The first kappa shape index (κ1) is 33.8. The smallest absolute Gasteiger partial charge is 0.481 e. The predicted molar refractivity (Wildman–Crippen MR) is 135 cm³/mol. The van der Waals surface area contributed by atoms with Crippen molar-refractivity contribution in [1.29, 1.82) is 0 Å². The molecule has 1 aromatic rings. The number of nitrogen functional groups attached to an aromatic ring is 1. The first-order valence-corrected chi connectivity index (χ1v) is 15.0. The van der Waals surface area contributed by atoms with Gasteiger partial charge in [0.25, 0.3) is 5.50 Å². The summed E-state index contributed by atoms with van der Waals surface area (Å²) in [6.45, 7) is -0.868. The number of carbonyl (C=O) groups is 1. The van der Waals surface area contributed by atoms with Crippen LogP contribution in [0.1, 0.15) is 13.2 Å². The van der Waals surface area contributed by atoms with Crippen molar-refractivity contribution in [3.05, 3.63) is 46.2 Å². The van der Waals surface area contributed by atoms with E-state index in [1.54, 1.807) is 0 Å². The third kappa shape index (κ3) is 8.01. The Bertz CT molecular complexity index is 1360. The van der Waals surface area contributed by atoms with Crippen molar-refractivity contribution in [2.45, 2.75) is 55.8 Å². The fourth-order valence-electron chi connectivity index (χ4n) is 3.92. The van der Waals surface area contributed by atoms with Gasteiger partial charge in [0, 0.05) is 13.1 Å². The van der Waals surface area contributed by atoms with Crippen molar-refractivity contribution < 1.29 is 72.7 Å². The van der Waals surface area contributed by atoms with Crippen LogP contribution in [0.3, 0.4) is 0 Å². The molecule has 3 heterocycles. The number of nitrogens with two attached hydrogens (primary N) is 1. The quantitative estimate of drug-likeness (QED) is 0.0812. The maximum Gasteiger partial charge on any atom is 0.527 e. The zero-order chi connectivity index (χ0) is 31.6. The number of aromatic nitrogens is 2. The summed E-state index contributed by atoms with van der Waals surface area (Å²) in [7, 11) is -11.1. The fourth-order valence-corrected chi connectivity index (χ4v) is 5.76. The molecule has 0 spiro atoms. The number of ether oxygens (including phenoxy) is 2. The van der Waals surface area contributed by atoms with Crippen molar-refractivity contribution >= 4 is 27.1 Å². The Balaban J connectivity index is 1.82. The SMILES string of the molecule is CC(=O)N[C@@H]1C=C/C(=C(\OP(=O)(O)OC[C@H]2O[C@@H](n3ccc(N)nc3=O)[C@H](O)[C@@H]2O)P(=O)(O)O)O[C@H]1C(O)C(O)CO. The second-order valence-electron chi connectivity index (χ2n) is 9.07. The maximum atomic E-state index is 12.7. The molecule has 11 N–H and O–H groups in total. The van der Waals surface area contributed by atoms with E-state index in [0.29, 0.717) is 0 Å². The standard InChI is InChI=1S/C20H30N4O16P2/c1-8(26)22-9-2-3-11(38-17(9)14(28)10(27)6-25)19(41(32,33)34)40-42(35,36)37-7-12-15(29)16(30)18(39-12)24-5-4-13(21)23-20(24)31/h2-5,9-10,12,14-18,25,27-30H,6-7H2,1H3,(H,22,26)(H,35,36)(H2,21,23,31)(H2,32,33,34)/b19-11-/t9-,10?,12-,14?,15-,16-,17-,18-/m1/s1. The summed E-state index contributed by atoms with van der Waals surface area (Å²) in [6, 6.07) is 0.0104. The van der Waals surface area contributed by atoms with Crippen LogP contribution in [0.25, 0.3) is 0 Å². The number of nitrogens with one attached hydrogen (secondary N) is 1. The Kier molecular flexibility index (Phi) is 10.7. The summed E-state index contributed by atoms with van der Waals surface area (Å²) in [4.78, 5) is 56.9. The average Bonchev–Trinajstić information content (AvgIpc) is 3.18. The summed E-state index contributed by atoms with van der Waals surface area (Å²) in [5, 5.41) is 52.3. The minimum Gasteiger partial charge on any atom is -0.481 e. The van der Waals surface area contributed by atoms with Crippen LogP contribution in [0.5, 0.6) is 0 Å². The van der Waals surface area contributed by atoms with E-state index in [1.165, 1.54) is 6.07 Å². The molecule has 0 aliphatic carbocycles. The molecule has 0 bridgehead atoms. The third-order valence-corrected chi connectivity index (χ3v) is 7.78. The molecule has 22 heteroatoms. The predicted octanol–water partition coefficient (Wildman–Crippen LogP) is -3.90. The number of phosphoric acid groups is 1. The topological polar surface area (TPSA) is 323 Å². The number of nitrogens with zero attached hydrogens (tertiary/aromatic N) is 2. The largest absolute Gasteiger partial charge is 0.527 e. The highest BCUT2D eigenvalue weighted by Gasteiger charge is 2.46. The second kappa shape index (κ2) is 13.3. The Morgan fingerprint density at radius 3 is 2.48 bits per heavy atom. The van der Waals surface area contributed by atoms with Gasteiger partial charge in [0.15, 0.2) is 18.1 Å². The van der Waals surface area contributed by atoms with Gasteiger partial charge < -0.3 is 60.4 Å². The molecule has 3 unspecified atom stereocenters. The lowest BCUT2D eigenvalue weighted by atomic mass is 9.98. The third-order valence-electron chi connectivity index (χ3n) is 5.90. The number of aliphatic hydroxyl groups excluding tert-OH is 5. The molecular formula is C20H30N4O16P2. The normalized spacial score (nSPS) is 30.1. The van der Waals surface area contributed by atoms with Gasteiger partial charge in [-0.15, -0.1) is 0 Å². The van der Waals surface area contributed by atoms with Crippen molar-refractivity contribution in [3.8, 4) is 0 Å². The van der Waals surface area contributed by atoms with Crippen LogP contribution in [0.4, 0.5) is 5.82 Å². The van der Waals surface area contributed by atoms with Gasteiger partial charge in [-0.1, -0.05) is 6.08 Å². The van der Waals surface area contributed by atoms with Crippen LogP contribution in [0.15, 0.2) is 40.5 Å². The van der Waals surface area contributed by atoms with Gasteiger partial charge in [0.2, 0.25) is 5.91 Å². The van der Waals surface area contributed by atoms with Crippen molar-refractivity contribution in [3.63, 3.8) is 0 Å². The minimum atomic E-state index is -5.59. The average molecular weight is 644 g/mol.